The maximum Gasteiger partial charge on any atom is 0.00952 e. The van der Waals surface area contributed by atoms with Gasteiger partial charge in [0.25, 0.3) is 0 Å². The zero-order valence-corrected chi connectivity index (χ0v) is 11.0. The van der Waals surface area contributed by atoms with Crippen molar-refractivity contribution in [2.45, 2.75) is 64.5 Å². The van der Waals surface area contributed by atoms with E-state index in [0.29, 0.717) is 0 Å². The molecule has 2 aliphatic rings. The van der Waals surface area contributed by atoms with E-state index in [2.05, 4.69) is 24.1 Å². The number of likely N-dealkylation sites (tertiary alicyclic amines) is 1. The van der Waals surface area contributed by atoms with E-state index in [-0.39, 0.29) is 0 Å². The summed E-state index contributed by atoms with van der Waals surface area (Å²) in [5, 5.41) is 3.66. The van der Waals surface area contributed by atoms with E-state index in [1.54, 1.807) is 0 Å². The molecule has 1 aliphatic carbocycles. The normalized spacial score (nSPS) is 26.6. The first-order valence-corrected chi connectivity index (χ1v) is 7.28. The van der Waals surface area contributed by atoms with E-state index in [4.69, 9.17) is 0 Å². The lowest BCUT2D eigenvalue weighted by Crippen LogP contribution is -2.49. The Morgan fingerprint density at radius 3 is 2.38 bits per heavy atom. The topological polar surface area (TPSA) is 15.3 Å². The highest BCUT2D eigenvalue weighted by Crippen LogP contribution is 2.32. The molecule has 1 saturated heterocycles. The first kappa shape index (κ1) is 12.4. The first-order valence-electron chi connectivity index (χ1n) is 7.28. The van der Waals surface area contributed by atoms with Gasteiger partial charge in [-0.05, 0) is 64.6 Å². The van der Waals surface area contributed by atoms with E-state index < -0.39 is 0 Å². The predicted octanol–water partition coefficient (Wildman–Crippen LogP) is 2.64. The number of nitrogens with zero attached hydrogens (tertiary/aromatic N) is 1. The van der Waals surface area contributed by atoms with Gasteiger partial charge in [0.1, 0.15) is 0 Å². The van der Waals surface area contributed by atoms with Crippen molar-refractivity contribution in [2.24, 2.45) is 5.92 Å². The van der Waals surface area contributed by atoms with Crippen molar-refractivity contribution in [3.05, 3.63) is 0 Å². The molecule has 1 N–H and O–H groups in total. The van der Waals surface area contributed by atoms with Crippen LogP contribution in [0.4, 0.5) is 0 Å². The Morgan fingerprint density at radius 1 is 1.19 bits per heavy atom. The van der Waals surface area contributed by atoms with Crippen molar-refractivity contribution in [2.75, 3.05) is 19.6 Å². The summed E-state index contributed by atoms with van der Waals surface area (Å²) in [6.07, 6.45) is 8.42. The van der Waals surface area contributed by atoms with Crippen molar-refractivity contribution >= 4 is 0 Å². The molecule has 0 aromatic heterocycles. The number of hydrogen-bond acceptors (Lipinski definition) is 2. The Labute approximate surface area is 101 Å². The molecule has 16 heavy (non-hydrogen) atoms. The summed E-state index contributed by atoms with van der Waals surface area (Å²) in [4.78, 5) is 2.73. The van der Waals surface area contributed by atoms with Gasteiger partial charge in [0.05, 0.1) is 0 Å². The van der Waals surface area contributed by atoms with E-state index in [1.807, 2.05) is 0 Å². The summed E-state index contributed by atoms with van der Waals surface area (Å²) in [6.45, 7) is 8.53. The number of rotatable bonds is 5. The van der Waals surface area contributed by atoms with Gasteiger partial charge < -0.3 is 10.2 Å². The summed E-state index contributed by atoms with van der Waals surface area (Å²) < 4.78 is 0. The zero-order valence-electron chi connectivity index (χ0n) is 11.0. The fourth-order valence-electron chi connectivity index (χ4n) is 3.08. The molecule has 1 unspecified atom stereocenters. The quantitative estimate of drug-likeness (QED) is 0.772. The molecule has 0 radical (unpaired) electrons. The summed E-state index contributed by atoms with van der Waals surface area (Å²) in [6, 6.07) is 1.64. The van der Waals surface area contributed by atoms with Crippen molar-refractivity contribution in [3.63, 3.8) is 0 Å². The third kappa shape index (κ3) is 2.98. The van der Waals surface area contributed by atoms with Crippen molar-refractivity contribution in [1.82, 2.24) is 10.2 Å². The number of hydrogen-bond donors (Lipinski definition) is 1. The van der Waals surface area contributed by atoms with Crippen LogP contribution in [-0.2, 0) is 0 Å². The van der Waals surface area contributed by atoms with Gasteiger partial charge in [-0.25, -0.2) is 0 Å². The van der Waals surface area contributed by atoms with E-state index in [1.165, 1.54) is 58.2 Å². The second-order valence-corrected chi connectivity index (χ2v) is 5.70. The van der Waals surface area contributed by atoms with Crippen LogP contribution in [0.1, 0.15) is 52.4 Å². The minimum atomic E-state index is 0.796. The molecule has 0 aromatic rings. The standard InChI is InChI=1S/C14H28N2/c1-3-9-15-14-7-10-16(11-8-14)12(2)13-5-4-6-13/h12-15H,3-11H2,1-2H3. The molecule has 94 valence electrons. The molecule has 0 amide bonds. The van der Waals surface area contributed by atoms with Crippen LogP contribution in [0.3, 0.4) is 0 Å². The number of nitrogens with one attached hydrogen (secondary N) is 1. The highest BCUT2D eigenvalue weighted by molar-refractivity contribution is 4.86. The van der Waals surface area contributed by atoms with Crippen LogP contribution in [0, 0.1) is 5.92 Å². The molecule has 2 rings (SSSR count). The summed E-state index contributed by atoms with van der Waals surface area (Å²) in [5.41, 5.74) is 0. The molecule has 2 heteroatoms. The Bertz CT molecular complexity index is 193. The van der Waals surface area contributed by atoms with Gasteiger partial charge in [-0.3, -0.25) is 0 Å². The molecule has 1 atom stereocenters. The van der Waals surface area contributed by atoms with Crippen molar-refractivity contribution in [1.29, 1.82) is 0 Å². The van der Waals surface area contributed by atoms with Gasteiger partial charge >= 0.3 is 0 Å². The zero-order chi connectivity index (χ0) is 11.4. The Morgan fingerprint density at radius 2 is 1.88 bits per heavy atom. The molecule has 2 fully saturated rings. The second kappa shape index (κ2) is 6.02. The smallest absolute Gasteiger partial charge is 0.00952 e. The highest BCUT2D eigenvalue weighted by Gasteiger charge is 2.30. The minimum Gasteiger partial charge on any atom is -0.314 e. The molecule has 1 aliphatic heterocycles. The van der Waals surface area contributed by atoms with Crippen LogP contribution in [-0.4, -0.2) is 36.6 Å². The van der Waals surface area contributed by atoms with Crippen molar-refractivity contribution < 1.29 is 0 Å². The van der Waals surface area contributed by atoms with Crippen LogP contribution >= 0.6 is 0 Å². The van der Waals surface area contributed by atoms with E-state index in [0.717, 1.165) is 18.0 Å². The Hall–Kier alpha value is -0.0800. The SMILES string of the molecule is CCCNC1CCN(C(C)C2CCC2)CC1. The maximum atomic E-state index is 3.66. The van der Waals surface area contributed by atoms with Crippen LogP contribution in [0.15, 0.2) is 0 Å². The Balaban J connectivity index is 1.67. The maximum absolute atomic E-state index is 3.66. The molecular weight excluding hydrogens is 196 g/mol. The lowest BCUT2D eigenvalue weighted by Gasteiger charge is -2.42. The van der Waals surface area contributed by atoms with Crippen molar-refractivity contribution in [3.8, 4) is 0 Å². The second-order valence-electron chi connectivity index (χ2n) is 5.70. The fourth-order valence-corrected chi connectivity index (χ4v) is 3.08. The van der Waals surface area contributed by atoms with Gasteiger partial charge in [-0.2, -0.15) is 0 Å². The molecule has 2 nitrogen and oxygen atoms in total. The Kier molecular flexibility index (Phi) is 4.66. The van der Waals surface area contributed by atoms with E-state index >= 15 is 0 Å². The van der Waals surface area contributed by atoms with Gasteiger partial charge in [0.2, 0.25) is 0 Å². The lowest BCUT2D eigenvalue weighted by atomic mass is 9.79. The third-order valence-electron chi connectivity index (χ3n) is 4.62. The van der Waals surface area contributed by atoms with Crippen LogP contribution in [0.5, 0.6) is 0 Å². The van der Waals surface area contributed by atoms with Gasteiger partial charge in [-0.1, -0.05) is 13.3 Å². The molecule has 1 heterocycles. The van der Waals surface area contributed by atoms with Gasteiger partial charge in [0, 0.05) is 12.1 Å². The van der Waals surface area contributed by atoms with Crippen LogP contribution in [0.25, 0.3) is 0 Å². The largest absolute Gasteiger partial charge is 0.314 e. The van der Waals surface area contributed by atoms with Crippen LogP contribution < -0.4 is 5.32 Å². The van der Waals surface area contributed by atoms with Crippen LogP contribution in [0.2, 0.25) is 0 Å². The molecule has 0 aromatic carbocycles. The fraction of sp³-hybridized carbons (Fsp3) is 1.00. The monoisotopic (exact) mass is 224 g/mol. The summed E-state index contributed by atoms with van der Waals surface area (Å²) >= 11 is 0. The molecular formula is C14H28N2. The average Bonchev–Trinajstić information content (AvgIpc) is 2.24. The molecule has 0 bridgehead atoms. The third-order valence-corrected chi connectivity index (χ3v) is 4.62. The molecule has 1 saturated carbocycles. The van der Waals surface area contributed by atoms with Gasteiger partial charge in [0.15, 0.2) is 0 Å². The minimum absolute atomic E-state index is 0.796. The lowest BCUT2D eigenvalue weighted by molar-refractivity contribution is 0.0804. The highest BCUT2D eigenvalue weighted by atomic mass is 15.2. The van der Waals surface area contributed by atoms with E-state index in [9.17, 15) is 0 Å². The number of piperidine rings is 1. The predicted molar refractivity (Wildman–Crippen MR) is 69.7 cm³/mol. The van der Waals surface area contributed by atoms with Gasteiger partial charge in [-0.15, -0.1) is 0 Å². The molecule has 0 spiro atoms. The first-order chi connectivity index (χ1) is 7.81. The summed E-state index contributed by atoms with van der Waals surface area (Å²) in [7, 11) is 0. The summed E-state index contributed by atoms with van der Waals surface area (Å²) in [5.74, 6) is 1.01. The average molecular weight is 224 g/mol.